The van der Waals surface area contributed by atoms with Gasteiger partial charge in [-0.25, -0.2) is 4.98 Å². The molecular weight excluding hydrogens is 230 g/mol. The van der Waals surface area contributed by atoms with Gasteiger partial charge in [0.25, 0.3) is 0 Å². The topological polar surface area (TPSA) is 91.3 Å². The minimum absolute atomic E-state index is 0.188. The summed E-state index contributed by atoms with van der Waals surface area (Å²) >= 11 is 1.23. The summed E-state index contributed by atoms with van der Waals surface area (Å²) < 4.78 is 0. The number of rotatable bonds is 4. The van der Waals surface area contributed by atoms with Crippen molar-refractivity contribution in [2.24, 2.45) is 0 Å². The molecular formula is C9H13N3O3S. The molecule has 0 bridgehead atoms. The van der Waals surface area contributed by atoms with E-state index in [0.717, 1.165) is 0 Å². The zero-order valence-electron chi connectivity index (χ0n) is 8.77. The first kappa shape index (κ1) is 12.6. The van der Waals surface area contributed by atoms with E-state index in [9.17, 15) is 9.59 Å². The Balaban J connectivity index is 2.45. The molecule has 7 heteroatoms. The van der Waals surface area contributed by atoms with E-state index in [1.807, 2.05) is 0 Å². The van der Waals surface area contributed by atoms with Crippen LogP contribution in [-0.2, 0) is 9.59 Å². The lowest BCUT2D eigenvalue weighted by Crippen LogP contribution is -2.43. The van der Waals surface area contributed by atoms with Gasteiger partial charge in [0, 0.05) is 11.6 Å². The summed E-state index contributed by atoms with van der Waals surface area (Å²) in [6, 6.07) is -0.394. The molecule has 6 nitrogen and oxygen atoms in total. The van der Waals surface area contributed by atoms with Crippen LogP contribution in [0.2, 0.25) is 0 Å². The summed E-state index contributed by atoms with van der Waals surface area (Å²) in [5, 5.41) is 15.7. The van der Waals surface area contributed by atoms with E-state index in [0.29, 0.717) is 11.6 Å². The van der Waals surface area contributed by atoms with Crippen molar-refractivity contribution in [3.05, 3.63) is 11.6 Å². The number of hydrogen-bond donors (Lipinski definition) is 3. The smallest absolute Gasteiger partial charge is 0.315 e. The van der Waals surface area contributed by atoms with Gasteiger partial charge in [-0.15, -0.1) is 11.3 Å². The SMILES string of the molecule is CC[C@@H](CO)NC(=O)C(=O)Nc1nccs1. The number of anilines is 1. The monoisotopic (exact) mass is 243 g/mol. The minimum atomic E-state index is -0.776. The molecule has 3 N–H and O–H groups in total. The van der Waals surface area contributed by atoms with Gasteiger partial charge in [0.2, 0.25) is 0 Å². The zero-order chi connectivity index (χ0) is 12.0. The second-order valence-corrected chi connectivity index (χ2v) is 3.95. The van der Waals surface area contributed by atoms with Crippen LogP contribution in [0, 0.1) is 0 Å². The van der Waals surface area contributed by atoms with Crippen molar-refractivity contribution >= 4 is 28.3 Å². The van der Waals surface area contributed by atoms with Crippen molar-refractivity contribution in [1.29, 1.82) is 0 Å². The van der Waals surface area contributed by atoms with E-state index in [2.05, 4.69) is 15.6 Å². The Kier molecular flexibility index (Phi) is 4.87. The zero-order valence-corrected chi connectivity index (χ0v) is 9.58. The molecule has 2 amide bonds. The third kappa shape index (κ3) is 3.59. The molecule has 0 aliphatic heterocycles. The highest BCUT2D eigenvalue weighted by Gasteiger charge is 2.17. The molecule has 0 aliphatic rings. The number of aliphatic hydroxyl groups is 1. The molecule has 1 aromatic rings. The van der Waals surface area contributed by atoms with Crippen LogP contribution in [0.1, 0.15) is 13.3 Å². The predicted octanol–water partition coefficient (Wildman–Crippen LogP) is -0.0313. The Hall–Kier alpha value is -1.47. The maximum absolute atomic E-state index is 11.3. The average molecular weight is 243 g/mol. The van der Waals surface area contributed by atoms with E-state index < -0.39 is 17.9 Å². The van der Waals surface area contributed by atoms with Crippen molar-refractivity contribution in [2.75, 3.05) is 11.9 Å². The maximum Gasteiger partial charge on any atom is 0.315 e. The normalized spacial score (nSPS) is 11.9. The van der Waals surface area contributed by atoms with E-state index in [4.69, 9.17) is 5.11 Å². The third-order valence-electron chi connectivity index (χ3n) is 1.91. The first-order chi connectivity index (χ1) is 7.67. The first-order valence-corrected chi connectivity index (χ1v) is 5.67. The van der Waals surface area contributed by atoms with E-state index >= 15 is 0 Å². The molecule has 0 fully saturated rings. The molecule has 0 radical (unpaired) electrons. The number of hydrogen-bond acceptors (Lipinski definition) is 5. The Labute approximate surface area is 96.7 Å². The van der Waals surface area contributed by atoms with Gasteiger partial charge >= 0.3 is 11.8 Å². The Bertz CT molecular complexity index is 349. The van der Waals surface area contributed by atoms with Gasteiger partial charge in [-0.3, -0.25) is 14.9 Å². The number of nitrogens with zero attached hydrogens (tertiary/aromatic N) is 1. The Morgan fingerprint density at radius 1 is 1.56 bits per heavy atom. The van der Waals surface area contributed by atoms with E-state index in [1.165, 1.54) is 17.5 Å². The van der Waals surface area contributed by atoms with Crippen LogP contribution in [-0.4, -0.2) is 34.6 Å². The first-order valence-electron chi connectivity index (χ1n) is 4.79. The highest BCUT2D eigenvalue weighted by atomic mass is 32.1. The predicted molar refractivity (Wildman–Crippen MR) is 60.1 cm³/mol. The van der Waals surface area contributed by atoms with Crippen LogP contribution in [0.25, 0.3) is 0 Å². The highest BCUT2D eigenvalue weighted by Crippen LogP contribution is 2.09. The second kappa shape index (κ2) is 6.19. The third-order valence-corrected chi connectivity index (χ3v) is 2.60. The molecule has 0 aliphatic carbocycles. The molecule has 0 aromatic carbocycles. The summed E-state index contributed by atoms with van der Waals surface area (Å²) in [7, 11) is 0. The van der Waals surface area contributed by atoms with Crippen LogP contribution in [0.15, 0.2) is 11.6 Å². The fraction of sp³-hybridized carbons (Fsp3) is 0.444. The van der Waals surface area contributed by atoms with E-state index in [1.54, 1.807) is 12.3 Å². The van der Waals surface area contributed by atoms with Crippen molar-refractivity contribution < 1.29 is 14.7 Å². The van der Waals surface area contributed by atoms with Gasteiger partial charge in [-0.2, -0.15) is 0 Å². The Morgan fingerprint density at radius 3 is 2.81 bits per heavy atom. The molecule has 16 heavy (non-hydrogen) atoms. The van der Waals surface area contributed by atoms with Gasteiger partial charge in [-0.05, 0) is 6.42 Å². The van der Waals surface area contributed by atoms with Crippen molar-refractivity contribution in [1.82, 2.24) is 10.3 Å². The summed E-state index contributed by atoms with van der Waals surface area (Å²) in [5.74, 6) is -1.54. The number of carbonyl (C=O) groups is 2. The molecule has 88 valence electrons. The lowest BCUT2D eigenvalue weighted by molar-refractivity contribution is -0.136. The molecule has 1 rings (SSSR count). The second-order valence-electron chi connectivity index (χ2n) is 3.05. The molecule has 1 aromatic heterocycles. The lowest BCUT2D eigenvalue weighted by Gasteiger charge is -2.12. The van der Waals surface area contributed by atoms with Crippen molar-refractivity contribution in [3.8, 4) is 0 Å². The molecule has 0 unspecified atom stereocenters. The highest BCUT2D eigenvalue weighted by molar-refractivity contribution is 7.13. The number of nitrogens with one attached hydrogen (secondary N) is 2. The van der Waals surface area contributed by atoms with Gasteiger partial charge in [0.1, 0.15) is 0 Å². The van der Waals surface area contributed by atoms with Crippen molar-refractivity contribution in [2.45, 2.75) is 19.4 Å². The molecule has 1 heterocycles. The summed E-state index contributed by atoms with van der Waals surface area (Å²) in [6.07, 6.45) is 2.09. The van der Waals surface area contributed by atoms with Gasteiger partial charge in [0.15, 0.2) is 5.13 Å². The van der Waals surface area contributed by atoms with Crippen LogP contribution in [0.4, 0.5) is 5.13 Å². The lowest BCUT2D eigenvalue weighted by atomic mass is 10.2. The standard InChI is InChI=1S/C9H13N3O3S/c1-2-6(5-13)11-7(14)8(15)12-9-10-3-4-16-9/h3-4,6,13H,2,5H2,1H3,(H,11,14)(H,10,12,15)/t6-/m0/s1. The quantitative estimate of drug-likeness (QED) is 0.647. The number of aromatic nitrogens is 1. The van der Waals surface area contributed by atoms with Crippen LogP contribution in [0.5, 0.6) is 0 Å². The maximum atomic E-state index is 11.3. The van der Waals surface area contributed by atoms with Crippen LogP contribution >= 0.6 is 11.3 Å². The number of amides is 2. The number of aliphatic hydroxyl groups excluding tert-OH is 1. The molecule has 0 spiro atoms. The van der Waals surface area contributed by atoms with E-state index in [-0.39, 0.29) is 6.61 Å². The summed E-state index contributed by atoms with van der Waals surface area (Å²) in [4.78, 5) is 26.5. The fourth-order valence-electron chi connectivity index (χ4n) is 0.967. The van der Waals surface area contributed by atoms with Crippen LogP contribution < -0.4 is 10.6 Å². The van der Waals surface area contributed by atoms with Crippen LogP contribution in [0.3, 0.4) is 0 Å². The molecule has 0 saturated heterocycles. The largest absolute Gasteiger partial charge is 0.394 e. The number of thiazole rings is 1. The van der Waals surface area contributed by atoms with Gasteiger partial charge < -0.3 is 10.4 Å². The molecule has 0 saturated carbocycles. The molecule has 1 atom stereocenters. The Morgan fingerprint density at radius 2 is 2.31 bits per heavy atom. The fourth-order valence-corrected chi connectivity index (χ4v) is 1.49. The minimum Gasteiger partial charge on any atom is -0.394 e. The van der Waals surface area contributed by atoms with Gasteiger partial charge in [-0.1, -0.05) is 6.92 Å². The number of carbonyl (C=O) groups excluding carboxylic acids is 2. The van der Waals surface area contributed by atoms with Crippen molar-refractivity contribution in [3.63, 3.8) is 0 Å². The van der Waals surface area contributed by atoms with Gasteiger partial charge in [0.05, 0.1) is 12.6 Å². The summed E-state index contributed by atoms with van der Waals surface area (Å²) in [6.45, 7) is 1.62. The average Bonchev–Trinajstić information content (AvgIpc) is 2.78. The summed E-state index contributed by atoms with van der Waals surface area (Å²) in [5.41, 5.74) is 0.